The molecule has 0 N–H and O–H groups in total. The van der Waals surface area contributed by atoms with Crippen LogP contribution in [0.3, 0.4) is 0 Å². The molecule has 0 radical (unpaired) electrons. The van der Waals surface area contributed by atoms with Gasteiger partial charge in [-0.2, -0.15) is 0 Å². The third-order valence-electron chi connectivity index (χ3n) is 3.24. The molecule has 1 aromatic heterocycles. The first-order valence-electron chi connectivity index (χ1n) is 5.90. The van der Waals surface area contributed by atoms with Crippen molar-refractivity contribution in [3.63, 3.8) is 0 Å². The zero-order chi connectivity index (χ0) is 11.8. The third-order valence-corrected chi connectivity index (χ3v) is 3.24. The average molecular weight is 221 g/mol. The summed E-state index contributed by atoms with van der Waals surface area (Å²) in [7, 11) is 0. The molecule has 0 aliphatic carbocycles. The molecular formula is C16H15N. The van der Waals surface area contributed by atoms with E-state index in [-0.39, 0.29) is 0 Å². The molecule has 0 unspecified atom stereocenters. The van der Waals surface area contributed by atoms with Crippen LogP contribution in [0.25, 0.3) is 21.8 Å². The highest BCUT2D eigenvalue weighted by atomic mass is 15.0. The van der Waals surface area contributed by atoms with Gasteiger partial charge in [-0.15, -0.1) is 6.58 Å². The quantitative estimate of drug-likeness (QED) is 0.569. The molecule has 1 heterocycles. The molecule has 3 rings (SSSR count). The summed E-state index contributed by atoms with van der Waals surface area (Å²) in [5, 5.41) is 2.66. The predicted molar refractivity (Wildman–Crippen MR) is 74.4 cm³/mol. The first kappa shape index (κ1) is 10.2. The van der Waals surface area contributed by atoms with E-state index in [1.165, 1.54) is 27.4 Å². The Bertz CT molecular complexity index is 704. The molecule has 0 atom stereocenters. The molecule has 0 saturated heterocycles. The molecule has 3 aromatic rings. The van der Waals surface area contributed by atoms with Crippen LogP contribution in [-0.2, 0) is 6.54 Å². The van der Waals surface area contributed by atoms with Crippen molar-refractivity contribution in [2.24, 2.45) is 0 Å². The second-order valence-electron chi connectivity index (χ2n) is 4.44. The predicted octanol–water partition coefficient (Wildman–Crippen LogP) is 4.29. The summed E-state index contributed by atoms with van der Waals surface area (Å²) in [5.41, 5.74) is 3.88. The number of aryl methyl sites for hydroxylation is 1. The lowest BCUT2D eigenvalue weighted by Crippen LogP contribution is -1.93. The van der Waals surface area contributed by atoms with Crippen LogP contribution in [0.1, 0.15) is 5.56 Å². The van der Waals surface area contributed by atoms with Crippen molar-refractivity contribution in [1.29, 1.82) is 0 Å². The molecule has 0 fully saturated rings. The van der Waals surface area contributed by atoms with Gasteiger partial charge in [0.25, 0.3) is 0 Å². The van der Waals surface area contributed by atoms with Crippen molar-refractivity contribution in [3.05, 3.63) is 60.7 Å². The Labute approximate surface area is 101 Å². The fraction of sp³-hybridized carbons (Fsp3) is 0.125. The Balaban J connectivity index is 2.52. The van der Waals surface area contributed by atoms with Crippen LogP contribution in [0.5, 0.6) is 0 Å². The molecule has 1 heteroatoms. The van der Waals surface area contributed by atoms with Crippen molar-refractivity contribution in [3.8, 4) is 0 Å². The number of para-hydroxylation sites is 1. The van der Waals surface area contributed by atoms with Crippen LogP contribution in [0, 0.1) is 6.92 Å². The molecule has 1 nitrogen and oxygen atoms in total. The maximum atomic E-state index is 3.85. The van der Waals surface area contributed by atoms with E-state index in [1.54, 1.807) is 0 Å². The average Bonchev–Trinajstić information content (AvgIpc) is 2.65. The molecule has 0 amide bonds. The Morgan fingerprint density at radius 1 is 1.06 bits per heavy atom. The fourth-order valence-electron chi connectivity index (χ4n) is 2.49. The third kappa shape index (κ3) is 1.47. The van der Waals surface area contributed by atoms with E-state index in [9.17, 15) is 0 Å². The van der Waals surface area contributed by atoms with Gasteiger partial charge >= 0.3 is 0 Å². The molecule has 0 aliphatic rings. The van der Waals surface area contributed by atoms with Crippen molar-refractivity contribution in [1.82, 2.24) is 4.57 Å². The summed E-state index contributed by atoms with van der Waals surface area (Å²) in [5.74, 6) is 0. The normalized spacial score (nSPS) is 11.1. The lowest BCUT2D eigenvalue weighted by atomic mass is 10.1. The van der Waals surface area contributed by atoms with Gasteiger partial charge in [-0.1, -0.05) is 35.9 Å². The van der Waals surface area contributed by atoms with Gasteiger partial charge in [0.15, 0.2) is 0 Å². The second-order valence-corrected chi connectivity index (χ2v) is 4.44. The van der Waals surface area contributed by atoms with Crippen molar-refractivity contribution in [2.75, 3.05) is 0 Å². The summed E-state index contributed by atoms with van der Waals surface area (Å²) in [4.78, 5) is 0. The Morgan fingerprint density at radius 2 is 1.82 bits per heavy atom. The van der Waals surface area contributed by atoms with Gasteiger partial charge in [-0.3, -0.25) is 0 Å². The maximum absolute atomic E-state index is 3.85. The second kappa shape index (κ2) is 3.77. The number of rotatable bonds is 2. The van der Waals surface area contributed by atoms with E-state index < -0.39 is 0 Å². The molecule has 17 heavy (non-hydrogen) atoms. The van der Waals surface area contributed by atoms with E-state index in [1.807, 2.05) is 6.08 Å². The number of hydrogen-bond acceptors (Lipinski definition) is 0. The van der Waals surface area contributed by atoms with Gasteiger partial charge in [-0.25, -0.2) is 0 Å². The largest absolute Gasteiger partial charge is 0.337 e. The summed E-state index contributed by atoms with van der Waals surface area (Å²) in [6.07, 6.45) is 1.95. The molecule has 0 spiro atoms. The minimum atomic E-state index is 0.854. The first-order valence-corrected chi connectivity index (χ1v) is 5.90. The number of aromatic nitrogens is 1. The van der Waals surface area contributed by atoms with Gasteiger partial charge in [0, 0.05) is 28.4 Å². The zero-order valence-electron chi connectivity index (χ0n) is 9.98. The highest BCUT2D eigenvalue weighted by molar-refractivity contribution is 6.08. The van der Waals surface area contributed by atoms with Gasteiger partial charge in [0.05, 0.1) is 0 Å². The Kier molecular flexibility index (Phi) is 2.25. The van der Waals surface area contributed by atoms with Crippen LogP contribution in [-0.4, -0.2) is 4.57 Å². The summed E-state index contributed by atoms with van der Waals surface area (Å²) >= 11 is 0. The zero-order valence-corrected chi connectivity index (χ0v) is 9.98. The lowest BCUT2D eigenvalue weighted by molar-refractivity contribution is 0.901. The molecule has 0 bridgehead atoms. The van der Waals surface area contributed by atoms with Crippen LogP contribution in [0.4, 0.5) is 0 Å². The fourth-order valence-corrected chi connectivity index (χ4v) is 2.49. The number of allylic oxidation sites excluding steroid dienone is 1. The number of nitrogens with zero attached hydrogens (tertiary/aromatic N) is 1. The van der Waals surface area contributed by atoms with Gasteiger partial charge in [0.2, 0.25) is 0 Å². The minimum absolute atomic E-state index is 0.854. The van der Waals surface area contributed by atoms with E-state index >= 15 is 0 Å². The standard InChI is InChI=1S/C16H15N/c1-3-10-17-15-7-5-4-6-13(15)14-11-12(2)8-9-16(14)17/h3-9,11H,1,10H2,2H3. The van der Waals surface area contributed by atoms with E-state index in [0.717, 1.165) is 6.54 Å². The number of benzene rings is 2. The minimum Gasteiger partial charge on any atom is -0.337 e. The van der Waals surface area contributed by atoms with Gasteiger partial charge in [-0.05, 0) is 25.1 Å². The van der Waals surface area contributed by atoms with E-state index in [0.29, 0.717) is 0 Å². The molecule has 0 saturated carbocycles. The molecular weight excluding hydrogens is 206 g/mol. The highest BCUT2D eigenvalue weighted by Crippen LogP contribution is 2.29. The van der Waals surface area contributed by atoms with Crippen molar-refractivity contribution >= 4 is 21.8 Å². The smallest absolute Gasteiger partial charge is 0.0494 e. The van der Waals surface area contributed by atoms with Crippen molar-refractivity contribution in [2.45, 2.75) is 13.5 Å². The number of hydrogen-bond donors (Lipinski definition) is 0. The monoisotopic (exact) mass is 221 g/mol. The van der Waals surface area contributed by atoms with Gasteiger partial charge < -0.3 is 4.57 Å². The van der Waals surface area contributed by atoms with Crippen LogP contribution in [0.15, 0.2) is 55.1 Å². The summed E-state index contributed by atoms with van der Waals surface area (Å²) in [6, 6.07) is 15.2. The molecule has 84 valence electrons. The van der Waals surface area contributed by atoms with Crippen molar-refractivity contribution < 1.29 is 0 Å². The van der Waals surface area contributed by atoms with E-state index in [2.05, 4.69) is 60.5 Å². The van der Waals surface area contributed by atoms with Crippen LogP contribution in [0.2, 0.25) is 0 Å². The first-order chi connectivity index (χ1) is 8.31. The van der Waals surface area contributed by atoms with Crippen LogP contribution >= 0.6 is 0 Å². The van der Waals surface area contributed by atoms with Crippen LogP contribution < -0.4 is 0 Å². The lowest BCUT2D eigenvalue weighted by Gasteiger charge is -2.03. The van der Waals surface area contributed by atoms with Gasteiger partial charge in [0.1, 0.15) is 0 Å². The topological polar surface area (TPSA) is 4.93 Å². The summed E-state index contributed by atoms with van der Waals surface area (Å²) in [6.45, 7) is 6.84. The maximum Gasteiger partial charge on any atom is 0.0494 e. The SMILES string of the molecule is C=CCn1c2ccccc2c2cc(C)ccc21. The Hall–Kier alpha value is -2.02. The molecule has 0 aliphatic heterocycles. The Morgan fingerprint density at radius 3 is 2.65 bits per heavy atom. The summed E-state index contributed by atoms with van der Waals surface area (Å²) < 4.78 is 2.32. The molecule has 2 aromatic carbocycles. The number of fused-ring (bicyclic) bond motifs is 3. The highest BCUT2D eigenvalue weighted by Gasteiger charge is 2.08. The van der Waals surface area contributed by atoms with E-state index in [4.69, 9.17) is 0 Å².